The second-order valence-corrected chi connectivity index (χ2v) is 6.36. The van der Waals surface area contributed by atoms with Crippen LogP contribution in [0.25, 0.3) is 0 Å². The number of ether oxygens (including phenoxy) is 1. The highest BCUT2D eigenvalue weighted by molar-refractivity contribution is 5.69. The van der Waals surface area contributed by atoms with Crippen LogP contribution in [-0.4, -0.2) is 23.9 Å². The average molecular weight is 391 g/mol. The Balaban J connectivity index is 3.78. The van der Waals surface area contributed by atoms with E-state index in [0.29, 0.717) is 19.4 Å². The van der Waals surface area contributed by atoms with Crippen LogP contribution in [0, 0.1) is 0 Å². The van der Waals surface area contributed by atoms with Gasteiger partial charge in [0.1, 0.15) is 6.10 Å². The molecule has 0 heterocycles. The molecule has 28 heavy (non-hydrogen) atoms. The molecule has 0 rings (SSSR count). The minimum atomic E-state index is -0.329. The van der Waals surface area contributed by atoms with Crippen molar-refractivity contribution in [3.8, 4) is 0 Å². The minimum absolute atomic E-state index is 0.137. The molecule has 4 nitrogen and oxygen atoms in total. The number of esters is 1. The zero-order chi connectivity index (χ0) is 20.7. The van der Waals surface area contributed by atoms with E-state index in [1.807, 2.05) is 25.2 Å². The lowest BCUT2D eigenvalue weighted by atomic mass is 10.1. The number of rotatable bonds is 17. The molecule has 158 valence electrons. The Morgan fingerprint density at radius 1 is 0.857 bits per heavy atom. The highest BCUT2D eigenvalue weighted by Crippen LogP contribution is 2.06. The van der Waals surface area contributed by atoms with Gasteiger partial charge in [0.2, 0.25) is 0 Å². The standard InChI is InChI=1S/C24H38O4/c1-3-5-6-7-8-9-10-11-12-13-14-17-20-23(28-26)21-18-15-16-19-22-24(25)27-4-2/h5-6,8-9,11-12,14,17-18,21,23,26H,3-4,7,10,13,15-16,19-20,22H2,1-2H3/b6-5-,9-8-,12-11-,17-14-,21-18+. The van der Waals surface area contributed by atoms with E-state index in [9.17, 15) is 4.79 Å². The van der Waals surface area contributed by atoms with Gasteiger partial charge >= 0.3 is 5.97 Å². The number of hydrogen-bond donors (Lipinski definition) is 1. The van der Waals surface area contributed by atoms with Crippen LogP contribution < -0.4 is 0 Å². The molecule has 0 aromatic rings. The van der Waals surface area contributed by atoms with Gasteiger partial charge < -0.3 is 4.74 Å². The molecule has 1 N–H and O–H groups in total. The average Bonchev–Trinajstić information content (AvgIpc) is 2.70. The lowest BCUT2D eigenvalue weighted by molar-refractivity contribution is -0.264. The van der Waals surface area contributed by atoms with Gasteiger partial charge in [0.15, 0.2) is 0 Å². The van der Waals surface area contributed by atoms with Crippen LogP contribution in [0.5, 0.6) is 0 Å². The largest absolute Gasteiger partial charge is 0.466 e. The summed E-state index contributed by atoms with van der Waals surface area (Å²) in [5, 5.41) is 8.97. The molecule has 0 aromatic carbocycles. The maximum absolute atomic E-state index is 11.2. The molecule has 0 aliphatic carbocycles. The van der Waals surface area contributed by atoms with Crippen LogP contribution in [0.1, 0.15) is 71.6 Å². The minimum Gasteiger partial charge on any atom is -0.466 e. The van der Waals surface area contributed by atoms with Gasteiger partial charge in [-0.3, -0.25) is 10.1 Å². The first-order valence-corrected chi connectivity index (χ1v) is 10.5. The number of hydrogen-bond acceptors (Lipinski definition) is 4. The second kappa shape index (κ2) is 21.4. The first-order chi connectivity index (χ1) is 13.7. The van der Waals surface area contributed by atoms with E-state index in [-0.39, 0.29) is 12.1 Å². The van der Waals surface area contributed by atoms with E-state index in [2.05, 4.69) is 54.3 Å². The molecule has 4 heteroatoms. The van der Waals surface area contributed by atoms with Crippen molar-refractivity contribution in [3.63, 3.8) is 0 Å². The Hall–Kier alpha value is -1.91. The maximum atomic E-state index is 11.2. The summed E-state index contributed by atoms with van der Waals surface area (Å²) >= 11 is 0. The lowest BCUT2D eigenvalue weighted by Crippen LogP contribution is -2.05. The highest BCUT2D eigenvalue weighted by Gasteiger charge is 2.02. The molecule has 0 aliphatic rings. The Labute approximate surface area is 171 Å². The van der Waals surface area contributed by atoms with Crippen LogP contribution >= 0.6 is 0 Å². The van der Waals surface area contributed by atoms with Crippen LogP contribution in [0.3, 0.4) is 0 Å². The summed E-state index contributed by atoms with van der Waals surface area (Å²) in [6, 6.07) is 0. The molecule has 0 radical (unpaired) electrons. The number of unbranched alkanes of at least 4 members (excludes halogenated alkanes) is 2. The Bertz CT molecular complexity index is 501. The normalized spacial score (nSPS) is 13.7. The van der Waals surface area contributed by atoms with E-state index in [4.69, 9.17) is 9.99 Å². The van der Waals surface area contributed by atoms with E-state index in [0.717, 1.165) is 44.9 Å². The molecule has 0 aliphatic heterocycles. The summed E-state index contributed by atoms with van der Waals surface area (Å²) in [5.74, 6) is -0.137. The smallest absolute Gasteiger partial charge is 0.305 e. The Morgan fingerprint density at radius 2 is 1.46 bits per heavy atom. The van der Waals surface area contributed by atoms with Crippen LogP contribution in [-0.2, 0) is 14.4 Å². The van der Waals surface area contributed by atoms with E-state index >= 15 is 0 Å². The monoisotopic (exact) mass is 390 g/mol. The van der Waals surface area contributed by atoms with Crippen molar-refractivity contribution in [1.29, 1.82) is 0 Å². The summed E-state index contributed by atoms with van der Waals surface area (Å²) in [6.45, 7) is 4.39. The molecule has 1 atom stereocenters. The van der Waals surface area contributed by atoms with Gasteiger partial charge in [0.05, 0.1) is 6.61 Å². The summed E-state index contributed by atoms with van der Waals surface area (Å²) in [5.41, 5.74) is 0. The third-order valence-electron chi connectivity index (χ3n) is 3.88. The Kier molecular flexibility index (Phi) is 19.9. The highest BCUT2D eigenvalue weighted by atomic mass is 17.1. The number of carbonyl (C=O) groups is 1. The van der Waals surface area contributed by atoms with Gasteiger partial charge in [-0.1, -0.05) is 67.7 Å². The van der Waals surface area contributed by atoms with Crippen molar-refractivity contribution in [3.05, 3.63) is 60.8 Å². The zero-order valence-corrected chi connectivity index (χ0v) is 17.6. The number of carbonyl (C=O) groups excluding carboxylic acids is 1. The van der Waals surface area contributed by atoms with Crippen molar-refractivity contribution in [2.45, 2.75) is 77.7 Å². The molecule has 0 bridgehead atoms. The molecule has 0 saturated heterocycles. The van der Waals surface area contributed by atoms with Crippen molar-refractivity contribution >= 4 is 5.97 Å². The first kappa shape index (κ1) is 26.1. The van der Waals surface area contributed by atoms with Gasteiger partial charge in [0.25, 0.3) is 0 Å². The van der Waals surface area contributed by atoms with Gasteiger partial charge in [0, 0.05) is 6.42 Å². The van der Waals surface area contributed by atoms with E-state index < -0.39 is 0 Å². The molecule has 0 spiro atoms. The molecule has 0 saturated carbocycles. The van der Waals surface area contributed by atoms with Crippen molar-refractivity contribution in [2.75, 3.05) is 6.61 Å². The fourth-order valence-corrected chi connectivity index (χ4v) is 2.38. The maximum Gasteiger partial charge on any atom is 0.305 e. The van der Waals surface area contributed by atoms with Gasteiger partial charge in [-0.25, -0.2) is 4.89 Å². The lowest BCUT2D eigenvalue weighted by Gasteiger charge is -2.05. The third kappa shape index (κ3) is 18.9. The van der Waals surface area contributed by atoms with Gasteiger partial charge in [-0.15, -0.1) is 0 Å². The summed E-state index contributed by atoms with van der Waals surface area (Å²) in [4.78, 5) is 15.7. The predicted molar refractivity (Wildman–Crippen MR) is 117 cm³/mol. The van der Waals surface area contributed by atoms with Crippen molar-refractivity contribution < 1.29 is 19.7 Å². The Morgan fingerprint density at radius 3 is 2.04 bits per heavy atom. The van der Waals surface area contributed by atoms with Crippen LogP contribution in [0.2, 0.25) is 0 Å². The van der Waals surface area contributed by atoms with Crippen LogP contribution in [0.15, 0.2) is 60.8 Å². The molecule has 0 amide bonds. The zero-order valence-electron chi connectivity index (χ0n) is 17.6. The van der Waals surface area contributed by atoms with E-state index in [1.165, 1.54) is 0 Å². The third-order valence-corrected chi connectivity index (χ3v) is 3.88. The molecular formula is C24H38O4. The molecule has 0 fully saturated rings. The van der Waals surface area contributed by atoms with Gasteiger partial charge in [-0.2, -0.15) is 0 Å². The SMILES string of the molecule is CC/C=C\C/C=C\C/C=C\C/C=C\CC(/C=C/CCCCC(=O)OCC)OO. The van der Waals surface area contributed by atoms with E-state index in [1.54, 1.807) is 0 Å². The predicted octanol–water partition coefficient (Wildman–Crippen LogP) is 6.72. The quantitative estimate of drug-likeness (QED) is 0.0984. The molecule has 0 aromatic heterocycles. The molecule has 1 unspecified atom stereocenters. The molecular weight excluding hydrogens is 352 g/mol. The fraction of sp³-hybridized carbons (Fsp3) is 0.542. The van der Waals surface area contributed by atoms with Crippen molar-refractivity contribution in [1.82, 2.24) is 0 Å². The fourth-order valence-electron chi connectivity index (χ4n) is 2.38. The summed E-state index contributed by atoms with van der Waals surface area (Å²) in [6.07, 6.45) is 28.2. The topological polar surface area (TPSA) is 55.8 Å². The summed E-state index contributed by atoms with van der Waals surface area (Å²) < 4.78 is 4.89. The van der Waals surface area contributed by atoms with Gasteiger partial charge in [-0.05, 0) is 58.3 Å². The van der Waals surface area contributed by atoms with Crippen molar-refractivity contribution in [2.24, 2.45) is 0 Å². The second-order valence-electron chi connectivity index (χ2n) is 6.36. The summed E-state index contributed by atoms with van der Waals surface area (Å²) in [7, 11) is 0. The first-order valence-electron chi connectivity index (χ1n) is 10.5. The number of allylic oxidation sites excluding steroid dienone is 8. The van der Waals surface area contributed by atoms with Crippen LogP contribution in [0.4, 0.5) is 0 Å².